The van der Waals surface area contributed by atoms with Crippen molar-refractivity contribution < 1.29 is 14.4 Å². The summed E-state index contributed by atoms with van der Waals surface area (Å²) < 4.78 is 0. The molecule has 1 heterocycles. The Balaban J connectivity index is 1.59. The number of hydrogen-bond acceptors (Lipinski definition) is 5. The normalized spacial score (nSPS) is 11.6. The van der Waals surface area contributed by atoms with Crippen molar-refractivity contribution in [3.63, 3.8) is 0 Å². The number of rotatable bonds is 7. The molecule has 0 saturated heterocycles. The van der Waals surface area contributed by atoms with E-state index in [4.69, 9.17) is 5.73 Å². The van der Waals surface area contributed by atoms with Crippen molar-refractivity contribution in [1.82, 2.24) is 20.6 Å². The van der Waals surface area contributed by atoms with Gasteiger partial charge in [0, 0.05) is 18.2 Å². The lowest BCUT2D eigenvalue weighted by Crippen LogP contribution is -2.49. The van der Waals surface area contributed by atoms with E-state index in [2.05, 4.69) is 20.6 Å². The largest absolute Gasteiger partial charge is 0.368 e. The van der Waals surface area contributed by atoms with Crippen molar-refractivity contribution in [2.75, 3.05) is 6.54 Å². The van der Waals surface area contributed by atoms with Gasteiger partial charge < -0.3 is 16.4 Å². The number of para-hydroxylation sites is 2. The molecule has 0 unspecified atom stereocenters. The molecular weight excluding hydrogens is 358 g/mol. The van der Waals surface area contributed by atoms with Crippen LogP contribution in [0.3, 0.4) is 0 Å². The summed E-state index contributed by atoms with van der Waals surface area (Å²) in [5, 5.41) is 5.02. The second kappa shape index (κ2) is 8.72. The van der Waals surface area contributed by atoms with Crippen LogP contribution in [0.2, 0.25) is 0 Å². The van der Waals surface area contributed by atoms with Crippen LogP contribution in [0.5, 0.6) is 0 Å². The number of amides is 3. The zero-order valence-electron chi connectivity index (χ0n) is 15.0. The van der Waals surface area contributed by atoms with Gasteiger partial charge in [0.1, 0.15) is 6.04 Å². The summed E-state index contributed by atoms with van der Waals surface area (Å²) in [6.07, 6.45) is 1.65. The standard InChI is InChI=1S/C20H19N5O3/c21-19(27)17(10-14-11-22-15-8-4-5-9-16(15)24-14)25-18(26)12-23-20(28)13-6-2-1-3-7-13/h1-9,11,17H,10,12H2,(H2,21,27)(H,23,28)(H,25,26)/t17-/m1/s1. The summed E-state index contributed by atoms with van der Waals surface area (Å²) in [7, 11) is 0. The fraction of sp³-hybridized carbons (Fsp3) is 0.150. The summed E-state index contributed by atoms with van der Waals surface area (Å²) in [6.45, 7) is -0.277. The summed E-state index contributed by atoms with van der Waals surface area (Å²) in [6, 6.07) is 14.9. The highest BCUT2D eigenvalue weighted by Gasteiger charge is 2.20. The van der Waals surface area contributed by atoms with E-state index in [1.54, 1.807) is 36.5 Å². The van der Waals surface area contributed by atoms with Crippen LogP contribution < -0.4 is 16.4 Å². The first kappa shape index (κ1) is 19.0. The third-order valence-corrected chi connectivity index (χ3v) is 4.04. The highest BCUT2D eigenvalue weighted by Crippen LogP contribution is 2.09. The van der Waals surface area contributed by atoms with Gasteiger partial charge in [0.2, 0.25) is 11.8 Å². The Morgan fingerprint density at radius 1 is 0.964 bits per heavy atom. The molecule has 8 heteroatoms. The Hall–Kier alpha value is -3.81. The van der Waals surface area contributed by atoms with Crippen molar-refractivity contribution in [3.05, 3.63) is 72.1 Å². The lowest BCUT2D eigenvalue weighted by atomic mass is 10.1. The first-order valence-corrected chi connectivity index (χ1v) is 8.65. The molecule has 0 fully saturated rings. The molecule has 1 atom stereocenters. The van der Waals surface area contributed by atoms with E-state index < -0.39 is 17.9 Å². The summed E-state index contributed by atoms with van der Waals surface area (Å²) in [5.74, 6) is -1.61. The maximum atomic E-state index is 12.1. The van der Waals surface area contributed by atoms with E-state index in [1.165, 1.54) is 0 Å². The van der Waals surface area contributed by atoms with Crippen molar-refractivity contribution in [1.29, 1.82) is 0 Å². The van der Waals surface area contributed by atoms with E-state index >= 15 is 0 Å². The molecule has 1 aromatic heterocycles. The highest BCUT2D eigenvalue weighted by atomic mass is 16.2. The average molecular weight is 377 g/mol. The predicted octanol–water partition coefficient (Wildman–Crippen LogP) is 0.572. The number of primary amides is 1. The molecule has 0 aliphatic carbocycles. The molecule has 8 nitrogen and oxygen atoms in total. The van der Waals surface area contributed by atoms with Gasteiger partial charge >= 0.3 is 0 Å². The van der Waals surface area contributed by atoms with Gasteiger partial charge in [0.15, 0.2) is 0 Å². The number of nitrogens with one attached hydrogen (secondary N) is 2. The van der Waals surface area contributed by atoms with Crippen LogP contribution in [0.4, 0.5) is 0 Å². The Bertz CT molecular complexity index is 1010. The molecule has 0 aliphatic heterocycles. The quantitative estimate of drug-likeness (QED) is 0.555. The number of carbonyl (C=O) groups is 3. The van der Waals surface area contributed by atoms with E-state index in [-0.39, 0.29) is 18.9 Å². The fourth-order valence-corrected chi connectivity index (χ4v) is 2.62. The first-order chi connectivity index (χ1) is 13.5. The molecule has 3 aromatic rings. The van der Waals surface area contributed by atoms with Crippen molar-refractivity contribution in [2.45, 2.75) is 12.5 Å². The molecule has 2 aromatic carbocycles. The molecule has 0 spiro atoms. The zero-order valence-corrected chi connectivity index (χ0v) is 15.0. The Kier molecular flexibility index (Phi) is 5.91. The lowest BCUT2D eigenvalue weighted by Gasteiger charge is -2.15. The smallest absolute Gasteiger partial charge is 0.251 e. The SMILES string of the molecule is NC(=O)[C@@H](Cc1cnc2ccccc2n1)NC(=O)CNC(=O)c1ccccc1. The minimum absolute atomic E-state index is 0.103. The maximum absolute atomic E-state index is 12.1. The van der Waals surface area contributed by atoms with Gasteiger partial charge in [-0.2, -0.15) is 0 Å². The average Bonchev–Trinajstić information content (AvgIpc) is 2.72. The number of nitrogens with zero attached hydrogens (tertiary/aromatic N) is 2. The molecule has 142 valence electrons. The third-order valence-electron chi connectivity index (χ3n) is 4.04. The van der Waals surface area contributed by atoms with Crippen LogP contribution in [0.25, 0.3) is 11.0 Å². The Morgan fingerprint density at radius 2 is 1.64 bits per heavy atom. The number of nitrogens with two attached hydrogens (primary N) is 1. The van der Waals surface area contributed by atoms with Gasteiger partial charge in [0.05, 0.1) is 23.3 Å². The number of benzene rings is 2. The summed E-state index contributed by atoms with van der Waals surface area (Å²) in [4.78, 5) is 44.6. The minimum Gasteiger partial charge on any atom is -0.368 e. The van der Waals surface area contributed by atoms with Gasteiger partial charge in [0.25, 0.3) is 5.91 Å². The Labute approximate surface area is 161 Å². The monoisotopic (exact) mass is 377 g/mol. The van der Waals surface area contributed by atoms with Gasteiger partial charge in [-0.15, -0.1) is 0 Å². The summed E-state index contributed by atoms with van der Waals surface area (Å²) in [5.41, 5.74) is 7.78. The van der Waals surface area contributed by atoms with E-state index in [0.29, 0.717) is 16.8 Å². The second-order valence-corrected chi connectivity index (χ2v) is 6.13. The van der Waals surface area contributed by atoms with Gasteiger partial charge in [-0.05, 0) is 24.3 Å². The Morgan fingerprint density at radius 3 is 2.36 bits per heavy atom. The minimum atomic E-state index is -0.961. The van der Waals surface area contributed by atoms with Gasteiger partial charge in [-0.1, -0.05) is 30.3 Å². The summed E-state index contributed by atoms with van der Waals surface area (Å²) >= 11 is 0. The molecule has 0 bridgehead atoms. The van der Waals surface area contributed by atoms with Crippen molar-refractivity contribution in [2.24, 2.45) is 5.73 Å². The molecule has 4 N–H and O–H groups in total. The zero-order chi connectivity index (χ0) is 19.9. The predicted molar refractivity (Wildman–Crippen MR) is 103 cm³/mol. The first-order valence-electron chi connectivity index (χ1n) is 8.65. The molecule has 28 heavy (non-hydrogen) atoms. The molecule has 3 amide bonds. The van der Waals surface area contributed by atoms with E-state index in [1.807, 2.05) is 24.3 Å². The van der Waals surface area contributed by atoms with Crippen LogP contribution in [-0.4, -0.2) is 40.3 Å². The van der Waals surface area contributed by atoms with Crippen LogP contribution in [-0.2, 0) is 16.0 Å². The van der Waals surface area contributed by atoms with Crippen molar-refractivity contribution >= 4 is 28.8 Å². The molecule has 0 saturated carbocycles. The molecule has 0 radical (unpaired) electrons. The molecular formula is C20H19N5O3. The lowest BCUT2D eigenvalue weighted by molar-refractivity contribution is -0.126. The molecule has 3 rings (SSSR count). The van der Waals surface area contributed by atoms with Crippen LogP contribution >= 0.6 is 0 Å². The van der Waals surface area contributed by atoms with E-state index in [0.717, 1.165) is 5.52 Å². The van der Waals surface area contributed by atoms with Crippen molar-refractivity contribution in [3.8, 4) is 0 Å². The van der Waals surface area contributed by atoms with Gasteiger partial charge in [-0.25, -0.2) is 4.98 Å². The molecule has 0 aliphatic rings. The van der Waals surface area contributed by atoms with Crippen LogP contribution in [0.15, 0.2) is 60.8 Å². The number of fused-ring (bicyclic) bond motifs is 1. The number of aromatic nitrogens is 2. The van der Waals surface area contributed by atoms with E-state index in [9.17, 15) is 14.4 Å². The maximum Gasteiger partial charge on any atom is 0.251 e. The third kappa shape index (κ3) is 4.88. The topological polar surface area (TPSA) is 127 Å². The second-order valence-electron chi connectivity index (χ2n) is 6.13. The van der Waals surface area contributed by atoms with Gasteiger partial charge in [-0.3, -0.25) is 19.4 Å². The van der Waals surface area contributed by atoms with Crippen LogP contribution in [0.1, 0.15) is 16.1 Å². The van der Waals surface area contributed by atoms with Crippen LogP contribution in [0, 0.1) is 0 Å². The number of hydrogen-bond donors (Lipinski definition) is 3. The number of carbonyl (C=O) groups excluding carboxylic acids is 3. The highest BCUT2D eigenvalue weighted by molar-refractivity contribution is 5.97. The fourth-order valence-electron chi connectivity index (χ4n) is 2.62.